The average molecular weight is 329 g/mol. The molecular weight excluding hydrogens is 298 g/mol. The first-order valence-electron chi connectivity index (χ1n) is 7.88. The van der Waals surface area contributed by atoms with Gasteiger partial charge in [0.15, 0.2) is 0 Å². The summed E-state index contributed by atoms with van der Waals surface area (Å²) in [6.45, 7) is 11.2. The summed E-state index contributed by atoms with van der Waals surface area (Å²) in [7, 11) is 3.07. The zero-order valence-electron chi connectivity index (χ0n) is 15.6. The lowest BCUT2D eigenvalue weighted by molar-refractivity contribution is -0.141. The first kappa shape index (κ1) is 21.2. The van der Waals surface area contributed by atoms with Crippen LogP contribution in [0.3, 0.4) is 0 Å². The van der Waals surface area contributed by atoms with Gasteiger partial charge >= 0.3 is 6.09 Å². The highest BCUT2D eigenvalue weighted by Crippen LogP contribution is 2.12. The molecular formula is C16H31N3O4. The predicted molar refractivity (Wildman–Crippen MR) is 88.9 cm³/mol. The number of carbonyl (C=O) groups excluding carboxylic acids is 3. The van der Waals surface area contributed by atoms with Crippen molar-refractivity contribution >= 4 is 17.9 Å². The SMILES string of the molecule is CCNC(=O)[C@H](C(C)C)N(C)C(=O)CN(C)C(=O)OC(C)(C)C. The number of likely N-dealkylation sites (N-methyl/N-ethyl adjacent to an activating group) is 3. The summed E-state index contributed by atoms with van der Waals surface area (Å²) in [6, 6.07) is -0.575. The Morgan fingerprint density at radius 1 is 1.13 bits per heavy atom. The summed E-state index contributed by atoms with van der Waals surface area (Å²) >= 11 is 0. The van der Waals surface area contributed by atoms with Gasteiger partial charge in [0.1, 0.15) is 18.2 Å². The second-order valence-electron chi connectivity index (χ2n) is 6.92. The van der Waals surface area contributed by atoms with Crippen molar-refractivity contribution in [3.05, 3.63) is 0 Å². The van der Waals surface area contributed by atoms with E-state index in [0.29, 0.717) is 6.54 Å². The first-order valence-corrected chi connectivity index (χ1v) is 7.88. The van der Waals surface area contributed by atoms with Crippen molar-refractivity contribution in [1.29, 1.82) is 0 Å². The van der Waals surface area contributed by atoms with Gasteiger partial charge in [0, 0.05) is 20.6 Å². The molecule has 0 radical (unpaired) electrons. The highest BCUT2D eigenvalue weighted by molar-refractivity contribution is 5.89. The van der Waals surface area contributed by atoms with Crippen LogP contribution in [0.1, 0.15) is 41.5 Å². The van der Waals surface area contributed by atoms with E-state index >= 15 is 0 Å². The Morgan fingerprint density at radius 2 is 1.65 bits per heavy atom. The summed E-state index contributed by atoms with van der Waals surface area (Å²) in [4.78, 5) is 39.0. The predicted octanol–water partition coefficient (Wildman–Crippen LogP) is 1.47. The Hall–Kier alpha value is -1.79. The number of nitrogens with one attached hydrogen (secondary N) is 1. The van der Waals surface area contributed by atoms with Gasteiger partial charge in [-0.15, -0.1) is 0 Å². The molecule has 134 valence electrons. The number of hydrogen-bond acceptors (Lipinski definition) is 4. The third-order valence-electron chi connectivity index (χ3n) is 3.14. The lowest BCUT2D eigenvalue weighted by Crippen LogP contribution is -2.53. The number of rotatable bonds is 6. The van der Waals surface area contributed by atoms with Gasteiger partial charge in [-0.25, -0.2) is 4.79 Å². The van der Waals surface area contributed by atoms with Crippen molar-refractivity contribution in [3.63, 3.8) is 0 Å². The van der Waals surface area contributed by atoms with Crippen LogP contribution in [0.4, 0.5) is 4.79 Å². The fourth-order valence-corrected chi connectivity index (χ4v) is 2.08. The molecule has 7 nitrogen and oxygen atoms in total. The highest BCUT2D eigenvalue weighted by Gasteiger charge is 2.31. The van der Waals surface area contributed by atoms with E-state index in [1.54, 1.807) is 27.8 Å². The number of nitrogens with zero attached hydrogens (tertiary/aromatic N) is 2. The molecule has 0 unspecified atom stereocenters. The summed E-state index contributed by atoms with van der Waals surface area (Å²) in [5.41, 5.74) is -0.623. The van der Waals surface area contributed by atoms with E-state index in [-0.39, 0.29) is 24.3 Å². The fourth-order valence-electron chi connectivity index (χ4n) is 2.08. The van der Waals surface area contributed by atoms with Crippen LogP contribution >= 0.6 is 0 Å². The zero-order valence-corrected chi connectivity index (χ0v) is 15.6. The molecule has 0 aliphatic rings. The van der Waals surface area contributed by atoms with Crippen molar-refractivity contribution in [2.45, 2.75) is 53.2 Å². The van der Waals surface area contributed by atoms with Crippen LogP contribution in [-0.4, -0.2) is 66.5 Å². The third-order valence-corrected chi connectivity index (χ3v) is 3.14. The van der Waals surface area contributed by atoms with Gasteiger partial charge in [-0.1, -0.05) is 13.8 Å². The van der Waals surface area contributed by atoms with Crippen molar-refractivity contribution in [2.75, 3.05) is 27.2 Å². The smallest absolute Gasteiger partial charge is 0.410 e. The monoisotopic (exact) mass is 329 g/mol. The molecule has 7 heteroatoms. The molecule has 0 aromatic rings. The van der Waals surface area contributed by atoms with Crippen molar-refractivity contribution < 1.29 is 19.1 Å². The molecule has 23 heavy (non-hydrogen) atoms. The van der Waals surface area contributed by atoms with Crippen molar-refractivity contribution in [1.82, 2.24) is 15.1 Å². The van der Waals surface area contributed by atoms with Crippen LogP contribution in [-0.2, 0) is 14.3 Å². The first-order chi connectivity index (χ1) is 10.4. The van der Waals surface area contributed by atoms with Crippen LogP contribution < -0.4 is 5.32 Å². The van der Waals surface area contributed by atoms with Gasteiger partial charge in [0.2, 0.25) is 11.8 Å². The molecule has 0 aliphatic heterocycles. The Balaban J connectivity index is 4.86. The fraction of sp³-hybridized carbons (Fsp3) is 0.812. The van der Waals surface area contributed by atoms with E-state index in [9.17, 15) is 14.4 Å². The highest BCUT2D eigenvalue weighted by atomic mass is 16.6. The number of ether oxygens (including phenoxy) is 1. The molecule has 1 N–H and O–H groups in total. The second-order valence-corrected chi connectivity index (χ2v) is 6.92. The van der Waals surface area contributed by atoms with Crippen LogP contribution in [0.2, 0.25) is 0 Å². The quantitative estimate of drug-likeness (QED) is 0.800. The van der Waals surface area contributed by atoms with Gasteiger partial charge in [0.25, 0.3) is 0 Å². The Bertz CT molecular complexity index is 430. The Labute approximate surface area is 139 Å². The van der Waals surface area contributed by atoms with E-state index in [4.69, 9.17) is 4.74 Å². The molecule has 0 spiro atoms. The summed E-state index contributed by atoms with van der Waals surface area (Å²) in [6.07, 6.45) is -0.571. The average Bonchev–Trinajstić information content (AvgIpc) is 2.36. The summed E-state index contributed by atoms with van der Waals surface area (Å²) < 4.78 is 5.21. The molecule has 0 aromatic carbocycles. The second kappa shape index (κ2) is 8.74. The summed E-state index contributed by atoms with van der Waals surface area (Å²) in [5.74, 6) is -0.552. The number of amides is 3. The zero-order chi connectivity index (χ0) is 18.4. The van der Waals surface area contributed by atoms with Crippen molar-refractivity contribution in [2.24, 2.45) is 5.92 Å². The van der Waals surface area contributed by atoms with E-state index in [2.05, 4.69) is 5.32 Å². The third kappa shape index (κ3) is 7.34. The maximum absolute atomic E-state index is 12.4. The van der Waals surface area contributed by atoms with E-state index in [1.807, 2.05) is 20.8 Å². The minimum Gasteiger partial charge on any atom is -0.444 e. The van der Waals surface area contributed by atoms with Crippen LogP contribution in [0.15, 0.2) is 0 Å². The molecule has 0 aliphatic carbocycles. The van der Waals surface area contributed by atoms with E-state index in [1.165, 1.54) is 16.8 Å². The standard InChI is InChI=1S/C16H31N3O4/c1-9-17-14(21)13(11(2)3)19(8)12(20)10-18(7)15(22)23-16(4,5)6/h11,13H,9-10H2,1-8H3,(H,17,21)/t13-/m0/s1. The molecule has 0 heterocycles. The lowest BCUT2D eigenvalue weighted by Gasteiger charge is -2.31. The molecule has 0 bridgehead atoms. The van der Waals surface area contributed by atoms with Gasteiger partial charge in [0.05, 0.1) is 0 Å². The van der Waals surface area contributed by atoms with E-state index in [0.717, 1.165) is 0 Å². The van der Waals surface area contributed by atoms with Gasteiger partial charge in [-0.3, -0.25) is 9.59 Å². The number of hydrogen-bond donors (Lipinski definition) is 1. The maximum Gasteiger partial charge on any atom is 0.410 e. The largest absolute Gasteiger partial charge is 0.444 e. The van der Waals surface area contributed by atoms with Gasteiger partial charge in [-0.05, 0) is 33.6 Å². The Kier molecular flexibility index (Phi) is 8.06. The Morgan fingerprint density at radius 3 is 2.04 bits per heavy atom. The van der Waals surface area contributed by atoms with Crippen LogP contribution in [0.5, 0.6) is 0 Å². The molecule has 1 atom stereocenters. The molecule has 3 amide bonds. The van der Waals surface area contributed by atoms with Crippen LogP contribution in [0.25, 0.3) is 0 Å². The minimum atomic E-state index is -0.623. The topological polar surface area (TPSA) is 79.0 Å². The van der Waals surface area contributed by atoms with Gasteiger partial charge < -0.3 is 19.9 Å². The molecule has 0 saturated heterocycles. The van der Waals surface area contributed by atoms with E-state index < -0.39 is 17.7 Å². The molecule has 0 aromatic heterocycles. The molecule has 0 fully saturated rings. The normalized spacial score (nSPS) is 12.6. The molecule has 0 rings (SSSR count). The lowest BCUT2D eigenvalue weighted by atomic mass is 10.0. The van der Waals surface area contributed by atoms with Crippen molar-refractivity contribution in [3.8, 4) is 0 Å². The minimum absolute atomic E-state index is 0.0395. The molecule has 0 saturated carbocycles. The maximum atomic E-state index is 12.4. The number of carbonyl (C=O) groups is 3. The van der Waals surface area contributed by atoms with Crippen LogP contribution in [0, 0.1) is 5.92 Å². The summed E-state index contributed by atoms with van der Waals surface area (Å²) in [5, 5.41) is 2.73. The van der Waals surface area contributed by atoms with Gasteiger partial charge in [-0.2, -0.15) is 0 Å².